The lowest BCUT2D eigenvalue weighted by Gasteiger charge is -2.04. The summed E-state index contributed by atoms with van der Waals surface area (Å²) in [5.74, 6) is 3.91. The predicted molar refractivity (Wildman–Crippen MR) is 86.7 cm³/mol. The van der Waals surface area contributed by atoms with Gasteiger partial charge in [-0.1, -0.05) is 36.1 Å². The Morgan fingerprint density at radius 3 is 2.58 bits per heavy atom. The lowest BCUT2D eigenvalue weighted by Crippen LogP contribution is -2.25. The molecule has 0 fully saturated rings. The molecule has 7 heteroatoms. The first-order chi connectivity index (χ1) is 11.5. The van der Waals surface area contributed by atoms with Crippen molar-refractivity contribution in [3.8, 4) is 17.6 Å². The molecule has 2 aromatic carbocycles. The Labute approximate surface area is 139 Å². The number of sulfonamides is 1. The van der Waals surface area contributed by atoms with Crippen LogP contribution in [0.1, 0.15) is 5.56 Å². The fraction of sp³-hybridized carbons (Fsp3) is 0.176. The van der Waals surface area contributed by atoms with Gasteiger partial charge in [-0.05, 0) is 29.8 Å². The van der Waals surface area contributed by atoms with Gasteiger partial charge in [-0.3, -0.25) is 0 Å². The number of rotatable bonds is 6. The highest BCUT2D eigenvalue weighted by atomic mass is 32.2. The summed E-state index contributed by atoms with van der Waals surface area (Å²) in [6, 6.07) is 11.3. The highest BCUT2D eigenvalue weighted by Crippen LogP contribution is 2.14. The molecule has 0 atom stereocenters. The zero-order chi connectivity index (χ0) is 17.4. The fourth-order valence-corrected chi connectivity index (χ4v) is 2.84. The maximum absolute atomic E-state index is 13.3. The van der Waals surface area contributed by atoms with E-state index in [1.807, 2.05) is 0 Å². The van der Waals surface area contributed by atoms with Gasteiger partial charge in [0.25, 0.3) is 0 Å². The number of halogens is 2. The molecule has 4 nitrogen and oxygen atoms in total. The Bertz CT molecular complexity index is 857. The second-order valence-corrected chi connectivity index (χ2v) is 6.59. The largest absolute Gasteiger partial charge is 0.478 e. The van der Waals surface area contributed by atoms with Crippen LogP contribution in [0.5, 0.6) is 5.75 Å². The minimum Gasteiger partial charge on any atom is -0.478 e. The van der Waals surface area contributed by atoms with Crippen LogP contribution in [0.15, 0.2) is 48.5 Å². The SMILES string of the molecule is O=S(=O)(Cc1cccc(F)c1)NCC#CCOc1ccccc1F. The summed E-state index contributed by atoms with van der Waals surface area (Å²) in [6.45, 7) is -0.176. The van der Waals surface area contributed by atoms with Gasteiger partial charge in [0.2, 0.25) is 10.0 Å². The monoisotopic (exact) mass is 351 g/mol. The molecule has 0 heterocycles. The van der Waals surface area contributed by atoms with Crippen molar-refractivity contribution >= 4 is 10.0 Å². The van der Waals surface area contributed by atoms with E-state index in [0.29, 0.717) is 5.56 Å². The number of hydrogen-bond acceptors (Lipinski definition) is 3. The molecule has 0 amide bonds. The fourth-order valence-electron chi connectivity index (χ4n) is 1.83. The Balaban J connectivity index is 1.78. The molecule has 2 aromatic rings. The van der Waals surface area contributed by atoms with E-state index in [2.05, 4.69) is 16.6 Å². The lowest BCUT2D eigenvalue weighted by molar-refractivity contribution is 0.348. The summed E-state index contributed by atoms with van der Waals surface area (Å²) in [4.78, 5) is 0. The first-order valence-electron chi connectivity index (χ1n) is 7.01. The van der Waals surface area contributed by atoms with E-state index < -0.39 is 21.7 Å². The molecule has 0 spiro atoms. The van der Waals surface area contributed by atoms with Crippen LogP contribution in [0.3, 0.4) is 0 Å². The van der Waals surface area contributed by atoms with Gasteiger partial charge in [-0.25, -0.2) is 21.9 Å². The summed E-state index contributed by atoms with van der Waals surface area (Å²) in [5.41, 5.74) is 0.346. The molecule has 0 aliphatic rings. The van der Waals surface area contributed by atoms with Crippen LogP contribution in [0, 0.1) is 23.5 Å². The summed E-state index contributed by atoms with van der Waals surface area (Å²) < 4.78 is 57.3. The number of para-hydroxylation sites is 1. The van der Waals surface area contributed by atoms with Crippen molar-refractivity contribution in [1.82, 2.24) is 4.72 Å². The molecular formula is C17H15F2NO3S. The maximum Gasteiger partial charge on any atom is 0.216 e. The molecule has 2 rings (SSSR count). The van der Waals surface area contributed by atoms with Crippen LogP contribution in [-0.4, -0.2) is 21.6 Å². The Kier molecular flexibility index (Phi) is 6.29. The van der Waals surface area contributed by atoms with Crippen molar-refractivity contribution in [2.75, 3.05) is 13.2 Å². The smallest absolute Gasteiger partial charge is 0.216 e. The topological polar surface area (TPSA) is 55.4 Å². The zero-order valence-electron chi connectivity index (χ0n) is 12.6. The van der Waals surface area contributed by atoms with E-state index in [0.717, 1.165) is 6.07 Å². The van der Waals surface area contributed by atoms with Crippen LogP contribution in [-0.2, 0) is 15.8 Å². The van der Waals surface area contributed by atoms with Crippen LogP contribution >= 0.6 is 0 Å². The highest BCUT2D eigenvalue weighted by Gasteiger charge is 2.10. The summed E-state index contributed by atoms with van der Waals surface area (Å²) in [5, 5.41) is 0. The Hall–Kier alpha value is -2.43. The zero-order valence-corrected chi connectivity index (χ0v) is 13.4. The molecule has 0 saturated heterocycles. The third-order valence-electron chi connectivity index (χ3n) is 2.89. The average Bonchev–Trinajstić information content (AvgIpc) is 2.52. The minimum atomic E-state index is -3.62. The standard InChI is InChI=1S/C17H15F2NO3S/c18-15-7-5-6-14(12-15)13-24(21,22)20-10-3-4-11-23-17-9-2-1-8-16(17)19/h1-2,5-9,12,20H,10-11,13H2. The summed E-state index contributed by atoms with van der Waals surface area (Å²) >= 11 is 0. The van der Waals surface area contributed by atoms with Gasteiger partial charge in [0.1, 0.15) is 12.4 Å². The molecule has 24 heavy (non-hydrogen) atoms. The molecule has 0 radical (unpaired) electrons. The minimum absolute atomic E-state index is 0.0629. The van der Waals surface area contributed by atoms with E-state index in [4.69, 9.17) is 4.74 Å². The van der Waals surface area contributed by atoms with Gasteiger partial charge < -0.3 is 4.74 Å². The van der Waals surface area contributed by atoms with Gasteiger partial charge in [-0.15, -0.1) is 0 Å². The Morgan fingerprint density at radius 1 is 1.04 bits per heavy atom. The average molecular weight is 351 g/mol. The molecule has 0 saturated carbocycles. The van der Waals surface area contributed by atoms with Crippen molar-refractivity contribution in [3.05, 3.63) is 65.7 Å². The molecule has 126 valence electrons. The van der Waals surface area contributed by atoms with Crippen LogP contribution in [0.2, 0.25) is 0 Å². The van der Waals surface area contributed by atoms with Crippen molar-refractivity contribution in [1.29, 1.82) is 0 Å². The maximum atomic E-state index is 13.3. The Morgan fingerprint density at radius 2 is 1.83 bits per heavy atom. The molecule has 1 N–H and O–H groups in total. The van der Waals surface area contributed by atoms with Crippen molar-refractivity contribution in [2.24, 2.45) is 0 Å². The number of hydrogen-bond donors (Lipinski definition) is 1. The van der Waals surface area contributed by atoms with Crippen molar-refractivity contribution in [3.63, 3.8) is 0 Å². The quantitative estimate of drug-likeness (QED) is 0.814. The van der Waals surface area contributed by atoms with Crippen molar-refractivity contribution in [2.45, 2.75) is 5.75 Å². The predicted octanol–water partition coefficient (Wildman–Crippen LogP) is 2.47. The van der Waals surface area contributed by atoms with Gasteiger partial charge in [-0.2, -0.15) is 0 Å². The van der Waals surface area contributed by atoms with Crippen LogP contribution < -0.4 is 9.46 Å². The number of nitrogens with one attached hydrogen (secondary N) is 1. The molecule has 0 aliphatic carbocycles. The third-order valence-corrected chi connectivity index (χ3v) is 4.19. The lowest BCUT2D eigenvalue weighted by atomic mass is 10.2. The normalized spacial score (nSPS) is 10.8. The van der Waals surface area contributed by atoms with Gasteiger partial charge in [0, 0.05) is 0 Å². The van der Waals surface area contributed by atoms with Crippen molar-refractivity contribution < 1.29 is 21.9 Å². The van der Waals surface area contributed by atoms with E-state index in [1.165, 1.54) is 30.3 Å². The first-order valence-corrected chi connectivity index (χ1v) is 8.66. The van der Waals surface area contributed by atoms with E-state index in [-0.39, 0.29) is 24.7 Å². The molecule has 0 aliphatic heterocycles. The van der Waals surface area contributed by atoms with E-state index in [1.54, 1.807) is 12.1 Å². The van der Waals surface area contributed by atoms with Gasteiger partial charge in [0.05, 0.1) is 12.3 Å². The van der Waals surface area contributed by atoms with Gasteiger partial charge >= 0.3 is 0 Å². The summed E-state index contributed by atoms with van der Waals surface area (Å²) in [6.07, 6.45) is 0. The van der Waals surface area contributed by atoms with E-state index >= 15 is 0 Å². The van der Waals surface area contributed by atoms with Crippen LogP contribution in [0.4, 0.5) is 8.78 Å². The molecular weight excluding hydrogens is 336 g/mol. The van der Waals surface area contributed by atoms with Gasteiger partial charge in [0.15, 0.2) is 11.6 Å². The first kappa shape index (κ1) is 17.9. The third kappa shape index (κ3) is 5.99. The van der Waals surface area contributed by atoms with E-state index in [9.17, 15) is 17.2 Å². The second-order valence-electron chi connectivity index (χ2n) is 4.78. The summed E-state index contributed by atoms with van der Waals surface area (Å²) in [7, 11) is -3.62. The number of ether oxygens (including phenoxy) is 1. The molecule has 0 aromatic heterocycles. The number of benzene rings is 2. The highest BCUT2D eigenvalue weighted by molar-refractivity contribution is 7.88. The molecule has 0 bridgehead atoms. The van der Waals surface area contributed by atoms with Crippen LogP contribution in [0.25, 0.3) is 0 Å². The second kappa shape index (κ2) is 8.43. The molecule has 0 unspecified atom stereocenters.